The number of ketones is 1. The number of halogens is 1. The lowest BCUT2D eigenvalue weighted by Crippen LogP contribution is -2.10. The molecule has 0 amide bonds. The molecule has 0 saturated heterocycles. The molecular weight excluding hydrogens is 260 g/mol. The molecular formula is C11H17BrO3. The topological polar surface area (TPSA) is 43.4 Å². The van der Waals surface area contributed by atoms with Crippen LogP contribution in [0.4, 0.5) is 0 Å². The van der Waals surface area contributed by atoms with E-state index >= 15 is 0 Å². The molecule has 0 saturated carbocycles. The van der Waals surface area contributed by atoms with Crippen molar-refractivity contribution in [3.8, 4) is 0 Å². The Balaban J connectivity index is 4.38. The highest BCUT2D eigenvalue weighted by atomic mass is 79.9. The van der Waals surface area contributed by atoms with Crippen LogP contribution in [0.3, 0.4) is 0 Å². The third-order valence-electron chi connectivity index (χ3n) is 1.99. The van der Waals surface area contributed by atoms with Gasteiger partial charge in [0, 0.05) is 22.9 Å². The first kappa shape index (κ1) is 14.4. The number of allylic oxidation sites excluding steroid dienone is 1. The van der Waals surface area contributed by atoms with E-state index in [9.17, 15) is 9.59 Å². The molecule has 0 N–H and O–H groups in total. The minimum Gasteiger partial charge on any atom is -0.463 e. The Morgan fingerprint density at radius 2 is 1.80 bits per heavy atom. The molecule has 0 bridgehead atoms. The van der Waals surface area contributed by atoms with E-state index < -0.39 is 0 Å². The summed E-state index contributed by atoms with van der Waals surface area (Å²) in [4.78, 5) is 22.6. The molecule has 0 atom stereocenters. The molecule has 3 nitrogen and oxygen atoms in total. The van der Waals surface area contributed by atoms with Crippen molar-refractivity contribution in [2.45, 2.75) is 40.0 Å². The number of carbonyl (C=O) groups is 2. The third-order valence-corrected chi connectivity index (χ3v) is 2.46. The number of carbonyl (C=O) groups excluding carboxylic acids is 2. The highest BCUT2D eigenvalue weighted by Crippen LogP contribution is 2.18. The van der Waals surface area contributed by atoms with E-state index in [1.54, 1.807) is 13.8 Å². The van der Waals surface area contributed by atoms with Gasteiger partial charge in [0.05, 0.1) is 6.61 Å². The zero-order valence-electron chi connectivity index (χ0n) is 9.43. The summed E-state index contributed by atoms with van der Waals surface area (Å²) in [6.45, 7) is 5.71. The maximum Gasteiger partial charge on any atom is 0.334 e. The summed E-state index contributed by atoms with van der Waals surface area (Å²) in [5, 5.41) is 0. The molecule has 15 heavy (non-hydrogen) atoms. The lowest BCUT2D eigenvalue weighted by molar-refractivity contribution is -0.138. The standard InChI is InChI=1S/C11H17BrO3/c1-4-9(13)6-7-10(8(3)12)11(14)15-5-2/h4-7H2,1-3H3/b10-8-. The molecule has 0 aromatic rings. The van der Waals surface area contributed by atoms with Gasteiger partial charge in [-0.25, -0.2) is 4.79 Å². The lowest BCUT2D eigenvalue weighted by Gasteiger charge is -2.07. The molecule has 0 rings (SSSR count). The Kier molecular flexibility index (Phi) is 7.30. The van der Waals surface area contributed by atoms with Crippen LogP contribution in [0.25, 0.3) is 0 Å². The number of Topliss-reactive ketones (excluding diaryl/α,β-unsaturated/α-hetero) is 1. The maximum absolute atomic E-state index is 11.5. The number of ether oxygens (including phenoxy) is 1. The maximum atomic E-state index is 11.5. The van der Waals surface area contributed by atoms with Crippen LogP contribution in [-0.2, 0) is 14.3 Å². The van der Waals surface area contributed by atoms with E-state index in [4.69, 9.17) is 4.74 Å². The van der Waals surface area contributed by atoms with Gasteiger partial charge in [-0.05, 0) is 20.3 Å². The van der Waals surface area contributed by atoms with E-state index in [0.29, 0.717) is 31.4 Å². The van der Waals surface area contributed by atoms with Crippen LogP contribution in [0.1, 0.15) is 40.0 Å². The Hall–Kier alpha value is -0.640. The molecule has 0 aliphatic heterocycles. The molecule has 0 heterocycles. The fourth-order valence-electron chi connectivity index (χ4n) is 1.07. The molecule has 0 aromatic carbocycles. The van der Waals surface area contributed by atoms with Crippen molar-refractivity contribution in [1.29, 1.82) is 0 Å². The van der Waals surface area contributed by atoms with Crippen LogP contribution in [0, 0.1) is 0 Å². The molecule has 0 radical (unpaired) electrons. The second-order valence-corrected chi connectivity index (χ2v) is 4.31. The molecule has 0 aromatic heterocycles. The molecule has 86 valence electrons. The summed E-state index contributed by atoms with van der Waals surface area (Å²) in [5.74, 6) is -0.179. The third kappa shape index (κ3) is 5.72. The van der Waals surface area contributed by atoms with Gasteiger partial charge in [0.1, 0.15) is 5.78 Å². The summed E-state index contributed by atoms with van der Waals surface area (Å²) >= 11 is 3.25. The Labute approximate surface area is 99.0 Å². The summed E-state index contributed by atoms with van der Waals surface area (Å²) in [6.07, 6.45) is 1.35. The van der Waals surface area contributed by atoms with Crippen molar-refractivity contribution in [2.75, 3.05) is 6.61 Å². The van der Waals surface area contributed by atoms with Crippen LogP contribution < -0.4 is 0 Å². The monoisotopic (exact) mass is 276 g/mol. The number of rotatable bonds is 6. The lowest BCUT2D eigenvalue weighted by atomic mass is 10.1. The number of hydrogen-bond acceptors (Lipinski definition) is 3. The summed E-state index contributed by atoms with van der Waals surface area (Å²) in [6, 6.07) is 0. The smallest absolute Gasteiger partial charge is 0.334 e. The Morgan fingerprint density at radius 1 is 1.20 bits per heavy atom. The van der Waals surface area contributed by atoms with Crippen molar-refractivity contribution in [3.63, 3.8) is 0 Å². The van der Waals surface area contributed by atoms with E-state index in [0.717, 1.165) is 4.48 Å². The predicted octanol–water partition coefficient (Wildman–Crippen LogP) is 2.98. The normalized spacial score (nSPS) is 12.0. The highest BCUT2D eigenvalue weighted by molar-refractivity contribution is 9.11. The average molecular weight is 277 g/mol. The predicted molar refractivity (Wildman–Crippen MR) is 62.8 cm³/mol. The first-order valence-corrected chi connectivity index (χ1v) is 5.86. The first-order valence-electron chi connectivity index (χ1n) is 5.06. The number of esters is 1. The molecule has 0 fully saturated rings. The second kappa shape index (κ2) is 7.63. The van der Waals surface area contributed by atoms with Crippen molar-refractivity contribution in [3.05, 3.63) is 10.1 Å². The van der Waals surface area contributed by atoms with Gasteiger partial charge >= 0.3 is 5.97 Å². The molecule has 0 unspecified atom stereocenters. The first-order chi connectivity index (χ1) is 7.02. The van der Waals surface area contributed by atoms with Gasteiger partial charge in [-0.3, -0.25) is 4.79 Å². The fourth-order valence-corrected chi connectivity index (χ4v) is 1.43. The van der Waals surface area contributed by atoms with Crippen molar-refractivity contribution in [1.82, 2.24) is 0 Å². The van der Waals surface area contributed by atoms with Gasteiger partial charge in [0.15, 0.2) is 0 Å². The largest absolute Gasteiger partial charge is 0.463 e. The van der Waals surface area contributed by atoms with Gasteiger partial charge < -0.3 is 4.74 Å². The van der Waals surface area contributed by atoms with Crippen LogP contribution >= 0.6 is 15.9 Å². The van der Waals surface area contributed by atoms with Gasteiger partial charge in [0.2, 0.25) is 0 Å². The van der Waals surface area contributed by atoms with E-state index in [-0.39, 0.29) is 11.8 Å². The van der Waals surface area contributed by atoms with Gasteiger partial charge in [-0.2, -0.15) is 0 Å². The minimum atomic E-state index is -0.337. The van der Waals surface area contributed by atoms with Crippen LogP contribution in [0.2, 0.25) is 0 Å². The van der Waals surface area contributed by atoms with Crippen molar-refractivity contribution < 1.29 is 14.3 Å². The van der Waals surface area contributed by atoms with Crippen molar-refractivity contribution in [2.24, 2.45) is 0 Å². The fraction of sp³-hybridized carbons (Fsp3) is 0.636. The summed E-state index contributed by atoms with van der Waals surface area (Å²) in [5.41, 5.74) is 0.554. The van der Waals surface area contributed by atoms with E-state index in [1.165, 1.54) is 0 Å². The highest BCUT2D eigenvalue weighted by Gasteiger charge is 2.14. The zero-order chi connectivity index (χ0) is 11.8. The van der Waals surface area contributed by atoms with Gasteiger partial charge in [0.25, 0.3) is 0 Å². The molecule has 4 heteroatoms. The SMILES string of the molecule is CCOC(=O)/C(CCC(=O)CC)=C(/C)Br. The summed E-state index contributed by atoms with van der Waals surface area (Å²) < 4.78 is 5.63. The average Bonchev–Trinajstić information content (AvgIpc) is 2.17. The quantitative estimate of drug-likeness (QED) is 0.553. The Bertz CT molecular complexity index is 265. The molecule has 0 aliphatic rings. The molecule has 0 spiro atoms. The van der Waals surface area contributed by atoms with Crippen LogP contribution in [-0.4, -0.2) is 18.4 Å². The second-order valence-electron chi connectivity index (χ2n) is 3.12. The van der Waals surface area contributed by atoms with Crippen LogP contribution in [0.5, 0.6) is 0 Å². The Morgan fingerprint density at radius 3 is 2.20 bits per heavy atom. The van der Waals surface area contributed by atoms with Gasteiger partial charge in [-0.1, -0.05) is 22.9 Å². The van der Waals surface area contributed by atoms with E-state index in [1.807, 2.05) is 6.92 Å². The molecule has 0 aliphatic carbocycles. The number of hydrogen-bond donors (Lipinski definition) is 0. The summed E-state index contributed by atoms with van der Waals surface area (Å²) in [7, 11) is 0. The van der Waals surface area contributed by atoms with Crippen LogP contribution in [0.15, 0.2) is 10.1 Å². The minimum absolute atomic E-state index is 0.158. The van der Waals surface area contributed by atoms with Crippen molar-refractivity contribution >= 4 is 27.7 Å². The van der Waals surface area contributed by atoms with E-state index in [2.05, 4.69) is 15.9 Å². The zero-order valence-corrected chi connectivity index (χ0v) is 11.0. The van der Waals surface area contributed by atoms with Gasteiger partial charge in [-0.15, -0.1) is 0 Å².